The van der Waals surface area contributed by atoms with Gasteiger partial charge in [-0.3, -0.25) is 0 Å². The van der Waals surface area contributed by atoms with Crippen molar-refractivity contribution in [3.05, 3.63) is 42.0 Å². The fraction of sp³-hybridized carbons (Fsp3) is 0.357. The molecule has 0 bridgehead atoms. The Morgan fingerprint density at radius 3 is 2.82 bits per heavy atom. The van der Waals surface area contributed by atoms with Gasteiger partial charge in [-0.1, -0.05) is 36.4 Å². The van der Waals surface area contributed by atoms with Gasteiger partial charge in [0.25, 0.3) is 0 Å². The highest BCUT2D eigenvalue weighted by Gasteiger charge is 2.17. The lowest BCUT2D eigenvalue weighted by atomic mass is 10.00. The van der Waals surface area contributed by atoms with Gasteiger partial charge in [0.1, 0.15) is 0 Å². The Morgan fingerprint density at radius 2 is 2.24 bits per heavy atom. The van der Waals surface area contributed by atoms with Crippen molar-refractivity contribution in [1.82, 2.24) is 0 Å². The maximum atomic E-state index is 11.3. The molecule has 17 heavy (non-hydrogen) atoms. The van der Waals surface area contributed by atoms with E-state index in [1.165, 1.54) is 0 Å². The number of aryl methyl sites for hydroxylation is 1. The van der Waals surface area contributed by atoms with Gasteiger partial charge in [-0.25, -0.2) is 4.79 Å². The largest absolute Gasteiger partial charge is 0.464 e. The highest BCUT2D eigenvalue weighted by atomic mass is 16.5. The maximum absolute atomic E-state index is 11.3. The lowest BCUT2D eigenvalue weighted by Crippen LogP contribution is -2.23. The molecule has 0 aromatic heterocycles. The summed E-state index contributed by atoms with van der Waals surface area (Å²) in [5.74, 6) is -0.596. The van der Waals surface area contributed by atoms with Crippen LogP contribution in [0.4, 0.5) is 0 Å². The molecule has 1 rings (SSSR count). The minimum absolute atomic E-state index is 0.197. The van der Waals surface area contributed by atoms with E-state index in [0.717, 1.165) is 16.7 Å². The molecule has 0 saturated heterocycles. The number of rotatable bonds is 5. The average molecular weight is 234 g/mol. The average Bonchev–Trinajstić information content (AvgIpc) is 2.29. The third kappa shape index (κ3) is 4.04. The van der Waals surface area contributed by atoms with E-state index in [-0.39, 0.29) is 13.0 Å². The second kappa shape index (κ2) is 6.21. The zero-order chi connectivity index (χ0) is 12.8. The van der Waals surface area contributed by atoms with Crippen LogP contribution in [0.3, 0.4) is 0 Å². The van der Waals surface area contributed by atoms with E-state index in [2.05, 4.69) is 6.58 Å². The molecule has 0 fully saturated rings. The van der Waals surface area contributed by atoms with Crippen LogP contribution in [-0.2, 0) is 9.53 Å². The van der Waals surface area contributed by atoms with E-state index < -0.39 is 12.1 Å². The number of benzene rings is 1. The van der Waals surface area contributed by atoms with Crippen molar-refractivity contribution in [3.8, 4) is 0 Å². The molecule has 1 aromatic carbocycles. The summed E-state index contributed by atoms with van der Waals surface area (Å²) in [6.45, 7) is 7.84. The van der Waals surface area contributed by atoms with Gasteiger partial charge in [-0.05, 0) is 25.0 Å². The molecule has 0 amide bonds. The van der Waals surface area contributed by atoms with Crippen molar-refractivity contribution in [2.75, 3.05) is 6.61 Å². The minimum atomic E-state index is -1.14. The lowest BCUT2D eigenvalue weighted by molar-refractivity contribution is -0.152. The van der Waals surface area contributed by atoms with Gasteiger partial charge >= 0.3 is 5.97 Å². The summed E-state index contributed by atoms with van der Waals surface area (Å²) in [5, 5.41) is 9.61. The van der Waals surface area contributed by atoms with E-state index in [9.17, 15) is 9.90 Å². The topological polar surface area (TPSA) is 46.5 Å². The van der Waals surface area contributed by atoms with Gasteiger partial charge in [0.15, 0.2) is 6.10 Å². The van der Waals surface area contributed by atoms with E-state index in [1.54, 1.807) is 6.92 Å². The van der Waals surface area contributed by atoms with Crippen LogP contribution >= 0.6 is 0 Å². The summed E-state index contributed by atoms with van der Waals surface area (Å²) in [5.41, 5.74) is 2.79. The lowest BCUT2D eigenvalue weighted by Gasteiger charge is -2.12. The number of aliphatic hydroxyl groups excluding tert-OH is 1. The molecule has 1 N–H and O–H groups in total. The smallest absolute Gasteiger partial charge is 0.335 e. The minimum Gasteiger partial charge on any atom is -0.464 e. The van der Waals surface area contributed by atoms with E-state index in [4.69, 9.17) is 4.74 Å². The van der Waals surface area contributed by atoms with Crippen LogP contribution in [0.25, 0.3) is 5.57 Å². The molecule has 0 spiro atoms. The van der Waals surface area contributed by atoms with Gasteiger partial charge in [0.2, 0.25) is 0 Å². The predicted molar refractivity (Wildman–Crippen MR) is 67.5 cm³/mol. The molecule has 3 heteroatoms. The van der Waals surface area contributed by atoms with Crippen molar-refractivity contribution >= 4 is 11.5 Å². The third-order valence-electron chi connectivity index (χ3n) is 2.42. The summed E-state index contributed by atoms with van der Waals surface area (Å²) < 4.78 is 4.73. The third-order valence-corrected chi connectivity index (χ3v) is 2.42. The second-order valence-electron chi connectivity index (χ2n) is 3.95. The van der Waals surface area contributed by atoms with Crippen LogP contribution in [0.1, 0.15) is 24.5 Å². The van der Waals surface area contributed by atoms with Crippen molar-refractivity contribution in [2.24, 2.45) is 0 Å². The first-order chi connectivity index (χ1) is 8.04. The molecule has 0 radical (unpaired) electrons. The number of hydrogen-bond donors (Lipinski definition) is 1. The van der Waals surface area contributed by atoms with Gasteiger partial charge < -0.3 is 9.84 Å². The SMILES string of the molecule is C=C(C[C@@H](O)C(=O)OCC)c1cccc(C)c1. The number of esters is 1. The Morgan fingerprint density at radius 1 is 1.53 bits per heavy atom. The van der Waals surface area contributed by atoms with E-state index in [1.807, 2.05) is 31.2 Å². The molecule has 92 valence electrons. The summed E-state index contributed by atoms with van der Waals surface area (Å²) in [6.07, 6.45) is -0.939. The monoisotopic (exact) mass is 234 g/mol. The Labute approximate surface area is 102 Å². The first kappa shape index (κ1) is 13.5. The summed E-state index contributed by atoms with van der Waals surface area (Å²) >= 11 is 0. The van der Waals surface area contributed by atoms with Gasteiger partial charge in [0, 0.05) is 6.42 Å². The fourth-order valence-electron chi connectivity index (χ4n) is 1.54. The van der Waals surface area contributed by atoms with Crippen molar-refractivity contribution < 1.29 is 14.6 Å². The first-order valence-corrected chi connectivity index (χ1v) is 5.64. The van der Waals surface area contributed by atoms with Crippen molar-refractivity contribution in [1.29, 1.82) is 0 Å². The standard InChI is InChI=1S/C14H18O3/c1-4-17-14(16)13(15)9-11(3)12-7-5-6-10(2)8-12/h5-8,13,15H,3-4,9H2,1-2H3/t13-/m1/s1. The Bertz CT molecular complexity index is 410. The fourth-order valence-corrected chi connectivity index (χ4v) is 1.54. The highest BCUT2D eigenvalue weighted by Crippen LogP contribution is 2.19. The predicted octanol–water partition coefficient (Wildman–Crippen LogP) is 2.32. The normalized spacial score (nSPS) is 11.9. The van der Waals surface area contributed by atoms with Gasteiger partial charge in [-0.15, -0.1) is 0 Å². The maximum Gasteiger partial charge on any atom is 0.335 e. The molecule has 0 aliphatic rings. The van der Waals surface area contributed by atoms with Gasteiger partial charge in [-0.2, -0.15) is 0 Å². The molecule has 0 heterocycles. The Balaban J connectivity index is 2.63. The summed E-state index contributed by atoms with van der Waals surface area (Å²) in [7, 11) is 0. The van der Waals surface area contributed by atoms with Crippen molar-refractivity contribution in [3.63, 3.8) is 0 Å². The van der Waals surface area contributed by atoms with Gasteiger partial charge in [0.05, 0.1) is 6.61 Å². The Hall–Kier alpha value is -1.61. The molecule has 0 saturated carbocycles. The number of ether oxygens (including phenoxy) is 1. The molecule has 0 unspecified atom stereocenters. The number of aliphatic hydroxyl groups is 1. The molecule has 1 aromatic rings. The van der Waals surface area contributed by atoms with Crippen LogP contribution in [0.15, 0.2) is 30.8 Å². The van der Waals surface area contributed by atoms with E-state index in [0.29, 0.717) is 0 Å². The number of carbonyl (C=O) groups is 1. The summed E-state index contributed by atoms with van der Waals surface area (Å²) in [6, 6.07) is 7.79. The van der Waals surface area contributed by atoms with Crippen LogP contribution in [-0.4, -0.2) is 23.8 Å². The zero-order valence-electron chi connectivity index (χ0n) is 10.3. The molecule has 3 nitrogen and oxygen atoms in total. The van der Waals surface area contributed by atoms with E-state index >= 15 is 0 Å². The number of hydrogen-bond acceptors (Lipinski definition) is 3. The van der Waals surface area contributed by atoms with Crippen molar-refractivity contribution in [2.45, 2.75) is 26.4 Å². The molecule has 0 aliphatic carbocycles. The van der Waals surface area contributed by atoms with Crippen LogP contribution in [0.5, 0.6) is 0 Å². The second-order valence-corrected chi connectivity index (χ2v) is 3.95. The zero-order valence-corrected chi connectivity index (χ0v) is 10.3. The highest BCUT2D eigenvalue weighted by molar-refractivity contribution is 5.78. The Kier molecular flexibility index (Phi) is 4.91. The molecular formula is C14H18O3. The molecule has 0 aliphatic heterocycles. The first-order valence-electron chi connectivity index (χ1n) is 5.64. The van der Waals surface area contributed by atoms with Crippen LogP contribution in [0.2, 0.25) is 0 Å². The molecule has 1 atom stereocenters. The van der Waals surface area contributed by atoms with Crippen LogP contribution < -0.4 is 0 Å². The van der Waals surface area contributed by atoms with Crippen LogP contribution in [0, 0.1) is 6.92 Å². The quantitative estimate of drug-likeness (QED) is 0.795. The number of carbonyl (C=O) groups excluding carboxylic acids is 1. The summed E-state index contributed by atoms with van der Waals surface area (Å²) in [4.78, 5) is 11.3. The molecular weight excluding hydrogens is 216 g/mol.